The van der Waals surface area contributed by atoms with Gasteiger partial charge in [0.15, 0.2) is 0 Å². The largest absolute Gasteiger partial charge is 0.242 e. The third kappa shape index (κ3) is 3.34. The van der Waals surface area contributed by atoms with Crippen molar-refractivity contribution >= 4 is 21.6 Å². The van der Waals surface area contributed by atoms with E-state index in [4.69, 9.17) is 11.6 Å². The van der Waals surface area contributed by atoms with Crippen LogP contribution in [0, 0.1) is 0 Å². The molecule has 0 aliphatic rings. The highest BCUT2D eigenvalue weighted by Crippen LogP contribution is 2.19. The highest BCUT2D eigenvalue weighted by atomic mass is 35.5. The predicted molar refractivity (Wildman–Crippen MR) is 61.5 cm³/mol. The molecule has 0 radical (unpaired) electrons. The Bertz CT molecular complexity index is 468. The first-order valence-corrected chi connectivity index (χ1v) is 6.18. The van der Waals surface area contributed by atoms with E-state index in [0.717, 1.165) is 5.57 Å². The summed E-state index contributed by atoms with van der Waals surface area (Å²) in [6, 6.07) is 6.31. The van der Waals surface area contributed by atoms with Crippen molar-refractivity contribution in [2.24, 2.45) is 0 Å². The minimum atomic E-state index is -3.53. The second kappa shape index (κ2) is 4.79. The van der Waals surface area contributed by atoms with Crippen molar-refractivity contribution in [3.63, 3.8) is 0 Å². The molecule has 0 aliphatic carbocycles. The van der Waals surface area contributed by atoms with E-state index in [1.807, 2.05) is 0 Å². The van der Waals surface area contributed by atoms with Crippen molar-refractivity contribution in [3.05, 3.63) is 41.4 Å². The molecule has 0 unspecified atom stereocenters. The van der Waals surface area contributed by atoms with Gasteiger partial charge in [0.1, 0.15) is 4.90 Å². The van der Waals surface area contributed by atoms with Crippen LogP contribution < -0.4 is 4.72 Å². The van der Waals surface area contributed by atoms with E-state index < -0.39 is 10.0 Å². The third-order valence-electron chi connectivity index (χ3n) is 1.69. The quantitative estimate of drug-likeness (QED) is 0.827. The van der Waals surface area contributed by atoms with Crippen molar-refractivity contribution in [1.82, 2.24) is 4.72 Å². The molecule has 0 saturated heterocycles. The van der Waals surface area contributed by atoms with E-state index in [-0.39, 0.29) is 16.5 Å². The van der Waals surface area contributed by atoms with Gasteiger partial charge in [0.25, 0.3) is 0 Å². The molecule has 82 valence electrons. The molecule has 0 fully saturated rings. The standard InChI is InChI=1S/C10H12ClNO2S/c1-8(2)7-12-15(13,14)10-6-4-3-5-9(10)11/h3-6,12H,1,7H2,2H3. The minimum absolute atomic E-state index is 0.0907. The Morgan fingerprint density at radius 2 is 2.07 bits per heavy atom. The van der Waals surface area contributed by atoms with E-state index in [9.17, 15) is 8.42 Å². The summed E-state index contributed by atoms with van der Waals surface area (Å²) in [5.74, 6) is 0. The van der Waals surface area contributed by atoms with Crippen LogP contribution in [-0.2, 0) is 10.0 Å². The minimum Gasteiger partial charge on any atom is -0.207 e. The maximum atomic E-state index is 11.7. The monoisotopic (exact) mass is 245 g/mol. The molecule has 5 heteroatoms. The SMILES string of the molecule is C=C(C)CNS(=O)(=O)c1ccccc1Cl. The molecular formula is C10H12ClNO2S. The van der Waals surface area contributed by atoms with Gasteiger partial charge in [0.05, 0.1) is 5.02 Å². The van der Waals surface area contributed by atoms with Crippen LogP contribution in [0.4, 0.5) is 0 Å². The smallest absolute Gasteiger partial charge is 0.207 e. The maximum absolute atomic E-state index is 11.7. The van der Waals surface area contributed by atoms with Crippen LogP contribution in [0.5, 0.6) is 0 Å². The maximum Gasteiger partial charge on any atom is 0.242 e. The fourth-order valence-electron chi connectivity index (χ4n) is 0.959. The normalized spacial score (nSPS) is 11.3. The molecule has 0 heterocycles. The molecule has 0 bridgehead atoms. The highest BCUT2D eigenvalue weighted by molar-refractivity contribution is 7.89. The molecule has 0 amide bonds. The molecule has 0 aliphatic heterocycles. The zero-order valence-corrected chi connectivity index (χ0v) is 9.90. The number of nitrogens with one attached hydrogen (secondary N) is 1. The average Bonchev–Trinajstić information content (AvgIpc) is 2.15. The van der Waals surface area contributed by atoms with Crippen LogP contribution >= 0.6 is 11.6 Å². The van der Waals surface area contributed by atoms with Gasteiger partial charge in [-0.1, -0.05) is 35.9 Å². The van der Waals surface area contributed by atoms with E-state index in [2.05, 4.69) is 11.3 Å². The van der Waals surface area contributed by atoms with Crippen LogP contribution in [0.3, 0.4) is 0 Å². The van der Waals surface area contributed by atoms with Gasteiger partial charge in [0.2, 0.25) is 10.0 Å². The molecule has 0 spiro atoms. The lowest BCUT2D eigenvalue weighted by Crippen LogP contribution is -2.25. The molecule has 1 aromatic carbocycles. The molecule has 1 N–H and O–H groups in total. The summed E-state index contributed by atoms with van der Waals surface area (Å²) < 4.78 is 25.8. The lowest BCUT2D eigenvalue weighted by atomic mass is 10.4. The summed E-state index contributed by atoms with van der Waals surface area (Å²) in [6.45, 7) is 5.58. The summed E-state index contributed by atoms with van der Waals surface area (Å²) >= 11 is 5.78. The zero-order valence-electron chi connectivity index (χ0n) is 8.33. The lowest BCUT2D eigenvalue weighted by Gasteiger charge is -2.07. The van der Waals surface area contributed by atoms with Gasteiger partial charge in [-0.05, 0) is 19.1 Å². The Balaban J connectivity index is 2.97. The van der Waals surface area contributed by atoms with E-state index in [1.54, 1.807) is 19.1 Å². The van der Waals surface area contributed by atoms with E-state index >= 15 is 0 Å². The van der Waals surface area contributed by atoms with Gasteiger partial charge in [0, 0.05) is 6.54 Å². The predicted octanol–water partition coefficient (Wildman–Crippen LogP) is 2.19. The molecule has 0 saturated carbocycles. The summed E-state index contributed by atoms with van der Waals surface area (Å²) in [7, 11) is -3.53. The Morgan fingerprint density at radius 3 is 2.60 bits per heavy atom. The van der Waals surface area contributed by atoms with Crippen LogP contribution in [0.1, 0.15) is 6.92 Å². The second-order valence-corrected chi connectivity index (χ2v) is 5.35. The van der Waals surface area contributed by atoms with Gasteiger partial charge < -0.3 is 0 Å². The van der Waals surface area contributed by atoms with Gasteiger partial charge in [-0.3, -0.25) is 0 Å². The Kier molecular flexibility index (Phi) is 3.90. The van der Waals surface area contributed by atoms with Crippen LogP contribution in [0.2, 0.25) is 5.02 Å². The van der Waals surface area contributed by atoms with E-state index in [0.29, 0.717) is 0 Å². The topological polar surface area (TPSA) is 46.2 Å². The fourth-order valence-corrected chi connectivity index (χ4v) is 2.57. The van der Waals surface area contributed by atoms with Crippen molar-refractivity contribution in [1.29, 1.82) is 0 Å². The van der Waals surface area contributed by atoms with E-state index in [1.165, 1.54) is 12.1 Å². The summed E-state index contributed by atoms with van der Waals surface area (Å²) in [6.07, 6.45) is 0. The molecule has 0 aromatic heterocycles. The number of benzene rings is 1. The van der Waals surface area contributed by atoms with Gasteiger partial charge in [-0.2, -0.15) is 0 Å². The summed E-state index contributed by atoms with van der Waals surface area (Å²) in [5, 5.41) is 0.215. The molecule has 15 heavy (non-hydrogen) atoms. The van der Waals surface area contributed by atoms with Gasteiger partial charge in [-0.15, -0.1) is 0 Å². The second-order valence-electron chi connectivity index (χ2n) is 3.21. The summed E-state index contributed by atoms with van der Waals surface area (Å²) in [4.78, 5) is 0.0907. The first-order chi connectivity index (χ1) is 6.93. The Morgan fingerprint density at radius 1 is 1.47 bits per heavy atom. The number of rotatable bonds is 4. The van der Waals surface area contributed by atoms with Crippen molar-refractivity contribution in [2.45, 2.75) is 11.8 Å². The van der Waals surface area contributed by atoms with Crippen molar-refractivity contribution < 1.29 is 8.42 Å². The number of halogens is 1. The highest BCUT2D eigenvalue weighted by Gasteiger charge is 2.16. The molecule has 1 rings (SSSR count). The molecule has 0 atom stereocenters. The molecule has 1 aromatic rings. The van der Waals surface area contributed by atoms with Crippen LogP contribution in [0.25, 0.3) is 0 Å². The fraction of sp³-hybridized carbons (Fsp3) is 0.200. The molecule has 3 nitrogen and oxygen atoms in total. The number of hydrogen-bond acceptors (Lipinski definition) is 2. The number of sulfonamides is 1. The first-order valence-electron chi connectivity index (χ1n) is 4.32. The van der Waals surface area contributed by atoms with Crippen molar-refractivity contribution in [2.75, 3.05) is 6.54 Å². The molecular weight excluding hydrogens is 234 g/mol. The van der Waals surface area contributed by atoms with Crippen molar-refractivity contribution in [3.8, 4) is 0 Å². The zero-order chi connectivity index (χ0) is 11.5. The van der Waals surface area contributed by atoms with Gasteiger partial charge >= 0.3 is 0 Å². The number of hydrogen-bond donors (Lipinski definition) is 1. The first kappa shape index (κ1) is 12.2. The third-order valence-corrected chi connectivity index (χ3v) is 3.59. The lowest BCUT2D eigenvalue weighted by molar-refractivity contribution is 0.585. The van der Waals surface area contributed by atoms with Crippen LogP contribution in [-0.4, -0.2) is 15.0 Å². The van der Waals surface area contributed by atoms with Gasteiger partial charge in [-0.25, -0.2) is 13.1 Å². The van der Waals surface area contributed by atoms with Crippen LogP contribution in [0.15, 0.2) is 41.3 Å². The summed E-state index contributed by atoms with van der Waals surface area (Å²) in [5.41, 5.74) is 0.741. The average molecular weight is 246 g/mol. The Labute approximate surface area is 94.8 Å². The Hall–Kier alpha value is -0.840.